The van der Waals surface area contributed by atoms with Crippen molar-refractivity contribution >= 4 is 46.4 Å². The maximum atomic E-state index is 8.58. The molecule has 0 saturated heterocycles. The predicted octanol–water partition coefficient (Wildman–Crippen LogP) is 5.85. The van der Waals surface area contributed by atoms with E-state index in [0.29, 0.717) is 0 Å². The Bertz CT molecular complexity index is 1360. The van der Waals surface area contributed by atoms with E-state index < -0.39 is 0 Å². The molecule has 4 aromatic rings. The maximum Gasteiger partial charge on any atom is 0.0659 e. The van der Waals surface area contributed by atoms with Crippen LogP contribution in [0.3, 0.4) is 0 Å². The first-order valence-corrected chi connectivity index (χ1v) is 9.90. The fourth-order valence-corrected chi connectivity index (χ4v) is 3.33. The summed E-state index contributed by atoms with van der Waals surface area (Å²) in [5, 5.41) is 8.58. The van der Waals surface area contributed by atoms with Crippen molar-refractivity contribution in [3.8, 4) is 5.75 Å². The van der Waals surface area contributed by atoms with Gasteiger partial charge >= 0.3 is 0 Å². The topological polar surface area (TPSA) is 77.6 Å². The van der Waals surface area contributed by atoms with Crippen LogP contribution in [0.25, 0.3) is 46.4 Å². The van der Waals surface area contributed by atoms with E-state index in [9.17, 15) is 0 Å². The zero-order valence-electron chi connectivity index (χ0n) is 17.1. The number of aromatic nitrogens is 4. The molecule has 5 nitrogen and oxygen atoms in total. The standard InChI is InChI=1S/C20H14N4.C6H5O.Zr/c1-2-14-10-16-5-6-18(23-16)12-20-8-7-19(24-20)11-17-4-3-15(22-17)9-13(1)21-14;7-6-4-2-1-3-5-6;/h1-12,21-22H;1-4,7H;/q;-1;. The zero-order chi connectivity index (χ0) is 21.0. The Morgan fingerprint density at radius 3 is 1.47 bits per heavy atom. The van der Waals surface area contributed by atoms with Crippen LogP contribution in [0, 0.1) is 6.07 Å². The van der Waals surface area contributed by atoms with Gasteiger partial charge in [-0.3, -0.25) is 0 Å². The molecule has 0 amide bonds. The van der Waals surface area contributed by atoms with Gasteiger partial charge in [0.05, 0.1) is 22.8 Å². The summed E-state index contributed by atoms with van der Waals surface area (Å²) in [5.74, 6) is 0.197. The van der Waals surface area contributed by atoms with Gasteiger partial charge in [0, 0.05) is 54.0 Å². The number of phenolic OH excluding ortho intramolecular Hbond substituents is 1. The van der Waals surface area contributed by atoms with E-state index in [-0.39, 0.29) is 32.0 Å². The van der Waals surface area contributed by atoms with E-state index in [2.05, 4.69) is 56.3 Å². The number of nitrogens with zero attached hydrogens (tertiary/aromatic N) is 2. The third-order valence-electron chi connectivity index (χ3n) is 4.73. The second-order valence-corrected chi connectivity index (χ2v) is 7.15. The van der Waals surface area contributed by atoms with E-state index in [1.54, 1.807) is 24.3 Å². The Balaban J connectivity index is 0.000000265. The minimum Gasteiger partial charge on any atom is -0.534 e. The molecule has 154 valence electrons. The molecule has 32 heavy (non-hydrogen) atoms. The number of benzene rings is 1. The molecule has 6 heteroatoms. The molecule has 0 radical (unpaired) electrons. The normalized spacial score (nSPS) is 11.4. The monoisotopic (exact) mass is 493 g/mol. The van der Waals surface area contributed by atoms with Crippen molar-refractivity contribution < 1.29 is 31.3 Å². The van der Waals surface area contributed by atoms with Crippen molar-refractivity contribution in [2.45, 2.75) is 0 Å². The van der Waals surface area contributed by atoms with Crippen molar-refractivity contribution in [3.05, 3.63) is 102 Å². The summed E-state index contributed by atoms with van der Waals surface area (Å²) in [4.78, 5) is 16.0. The van der Waals surface area contributed by atoms with Crippen molar-refractivity contribution in [3.63, 3.8) is 0 Å². The number of phenols is 1. The van der Waals surface area contributed by atoms with E-state index in [0.717, 1.165) is 44.8 Å². The SMILES string of the molecule is C1=Cc2cc3ccc(cc4ccc(cc5nc(cc1n2)C=C5)[nH]4)[nH]3.Oc1[c-]cccc1.[Zr]. The third-order valence-corrected chi connectivity index (χ3v) is 4.73. The number of rotatable bonds is 0. The first kappa shape index (κ1) is 21.7. The molecule has 0 spiro atoms. The Hall–Kier alpha value is -3.50. The fourth-order valence-electron chi connectivity index (χ4n) is 3.33. The maximum absolute atomic E-state index is 8.58. The number of para-hydroxylation sites is 1. The number of hydrogen-bond donors (Lipinski definition) is 3. The average Bonchev–Trinajstić information content (AvgIpc) is 3.55. The number of aromatic hydroxyl groups is 1. The van der Waals surface area contributed by atoms with Crippen molar-refractivity contribution in [2.24, 2.45) is 0 Å². The van der Waals surface area contributed by atoms with Crippen LogP contribution in [0.2, 0.25) is 0 Å². The van der Waals surface area contributed by atoms with Crippen LogP contribution in [-0.2, 0) is 26.2 Å². The first-order valence-electron chi connectivity index (χ1n) is 9.90. The number of aromatic amines is 2. The van der Waals surface area contributed by atoms with Crippen molar-refractivity contribution in [2.75, 3.05) is 0 Å². The van der Waals surface area contributed by atoms with Gasteiger partial charge in [0.2, 0.25) is 0 Å². The Morgan fingerprint density at radius 2 is 1.06 bits per heavy atom. The van der Waals surface area contributed by atoms with Crippen LogP contribution in [0.15, 0.2) is 72.8 Å². The summed E-state index contributed by atoms with van der Waals surface area (Å²) in [6.45, 7) is 0. The van der Waals surface area contributed by atoms with E-state index in [1.807, 2.05) is 42.5 Å². The average molecular weight is 495 g/mol. The summed E-state index contributed by atoms with van der Waals surface area (Å²) >= 11 is 0. The van der Waals surface area contributed by atoms with Gasteiger partial charge in [-0.1, -0.05) is 0 Å². The second kappa shape index (κ2) is 9.75. The number of nitrogens with one attached hydrogen (secondary N) is 2. The van der Waals surface area contributed by atoms with Gasteiger partial charge in [0.15, 0.2) is 0 Å². The van der Waals surface area contributed by atoms with Crippen LogP contribution in [0.1, 0.15) is 22.8 Å². The van der Waals surface area contributed by atoms with E-state index in [4.69, 9.17) is 5.11 Å². The number of H-pyrrole nitrogens is 2. The summed E-state index contributed by atoms with van der Waals surface area (Å²) in [6, 6.07) is 25.8. The number of hydrogen-bond acceptors (Lipinski definition) is 3. The molecule has 2 aliphatic rings. The molecule has 5 heterocycles. The molecule has 0 fully saturated rings. The van der Waals surface area contributed by atoms with Gasteiger partial charge in [-0.2, -0.15) is 18.2 Å². The number of fused-ring (bicyclic) bond motifs is 8. The molecule has 0 aliphatic carbocycles. The molecule has 0 unspecified atom stereocenters. The van der Waals surface area contributed by atoms with Gasteiger partial charge in [0.25, 0.3) is 0 Å². The van der Waals surface area contributed by atoms with Gasteiger partial charge in [0.1, 0.15) is 0 Å². The quantitative estimate of drug-likeness (QED) is 0.232. The largest absolute Gasteiger partial charge is 0.534 e. The van der Waals surface area contributed by atoms with Crippen LogP contribution in [-0.4, -0.2) is 25.0 Å². The van der Waals surface area contributed by atoms with Gasteiger partial charge in [-0.05, 0) is 72.8 Å². The molecule has 3 aromatic heterocycles. The Labute approximate surface area is 204 Å². The van der Waals surface area contributed by atoms with Gasteiger partial charge in [-0.15, -0.1) is 12.1 Å². The summed E-state index contributed by atoms with van der Waals surface area (Å²) in [7, 11) is 0. The minimum atomic E-state index is 0. The van der Waals surface area contributed by atoms with Crippen LogP contribution in [0.4, 0.5) is 0 Å². The first-order chi connectivity index (χ1) is 15.2. The third kappa shape index (κ3) is 5.40. The molecule has 8 bridgehead atoms. The summed E-state index contributed by atoms with van der Waals surface area (Å²) in [5.41, 5.74) is 7.86. The fraction of sp³-hybridized carbons (Fsp3) is 0. The predicted molar refractivity (Wildman–Crippen MR) is 126 cm³/mol. The van der Waals surface area contributed by atoms with Crippen molar-refractivity contribution in [1.82, 2.24) is 19.9 Å². The molecule has 0 atom stereocenters. The zero-order valence-corrected chi connectivity index (χ0v) is 19.5. The van der Waals surface area contributed by atoms with Gasteiger partial charge < -0.3 is 15.1 Å². The van der Waals surface area contributed by atoms with Gasteiger partial charge in [-0.25, -0.2) is 9.97 Å². The minimum absolute atomic E-state index is 0. The Kier molecular flexibility index (Phi) is 6.62. The Morgan fingerprint density at radius 1 is 0.594 bits per heavy atom. The van der Waals surface area contributed by atoms with E-state index >= 15 is 0 Å². The van der Waals surface area contributed by atoms with Crippen molar-refractivity contribution in [1.29, 1.82) is 0 Å². The van der Waals surface area contributed by atoms with Crippen LogP contribution in [0.5, 0.6) is 5.75 Å². The summed E-state index contributed by atoms with van der Waals surface area (Å²) in [6.07, 6.45) is 8.05. The molecule has 1 aromatic carbocycles. The molecule has 3 N–H and O–H groups in total. The molecular weight excluding hydrogens is 476 g/mol. The van der Waals surface area contributed by atoms with E-state index in [1.165, 1.54) is 0 Å². The molecular formula is C26H19N4OZr-. The molecule has 2 aliphatic heterocycles. The second-order valence-electron chi connectivity index (χ2n) is 7.15. The summed E-state index contributed by atoms with van der Waals surface area (Å²) < 4.78 is 0. The van der Waals surface area contributed by atoms with Crippen LogP contribution < -0.4 is 0 Å². The molecule has 6 rings (SSSR count). The van der Waals surface area contributed by atoms with Crippen LogP contribution >= 0.6 is 0 Å². The molecule has 0 saturated carbocycles. The smallest absolute Gasteiger partial charge is 0.0659 e.